The van der Waals surface area contributed by atoms with Gasteiger partial charge in [-0.3, -0.25) is 9.59 Å². The Hall–Kier alpha value is -2.82. The van der Waals surface area contributed by atoms with Crippen LogP contribution in [0.4, 0.5) is 11.4 Å². The Kier molecular flexibility index (Phi) is 12.7. The summed E-state index contributed by atoms with van der Waals surface area (Å²) in [7, 11) is 0. The molecule has 0 saturated heterocycles. The summed E-state index contributed by atoms with van der Waals surface area (Å²) >= 11 is 0. The molecule has 0 atom stereocenters. The fourth-order valence-corrected chi connectivity index (χ4v) is 3.57. The molecule has 33 heavy (non-hydrogen) atoms. The molecule has 2 amide bonds. The maximum absolute atomic E-state index is 12.1. The Balaban J connectivity index is 1.71. The van der Waals surface area contributed by atoms with E-state index in [-0.39, 0.29) is 11.8 Å². The summed E-state index contributed by atoms with van der Waals surface area (Å²) in [5.41, 5.74) is 1.54. The summed E-state index contributed by atoms with van der Waals surface area (Å²) in [4.78, 5) is 24.1. The Morgan fingerprint density at radius 1 is 0.576 bits per heavy atom. The van der Waals surface area contributed by atoms with Crippen molar-refractivity contribution in [2.24, 2.45) is 0 Å². The van der Waals surface area contributed by atoms with Gasteiger partial charge in [0.2, 0.25) is 11.8 Å². The highest BCUT2D eigenvalue weighted by Crippen LogP contribution is 2.24. The second-order valence-electron chi connectivity index (χ2n) is 8.58. The Labute approximate surface area is 199 Å². The Morgan fingerprint density at radius 3 is 1.30 bits per heavy atom. The number of carbonyl (C=O) groups is 2. The first-order chi connectivity index (χ1) is 16.1. The van der Waals surface area contributed by atoms with Crippen LogP contribution in [0.2, 0.25) is 0 Å². The number of benzene rings is 2. The summed E-state index contributed by atoms with van der Waals surface area (Å²) in [5, 5.41) is 5.88. The van der Waals surface area contributed by atoms with Gasteiger partial charge in [-0.25, -0.2) is 0 Å². The van der Waals surface area contributed by atoms with Crippen LogP contribution in [0, 0.1) is 0 Å². The fraction of sp³-hybridized carbons (Fsp3) is 0.500. The summed E-state index contributed by atoms with van der Waals surface area (Å²) in [6.45, 7) is 4.37. The molecule has 180 valence electrons. The number of hydrogen-bond acceptors (Lipinski definition) is 3. The van der Waals surface area contributed by atoms with Crippen molar-refractivity contribution in [1.29, 1.82) is 0 Å². The van der Waals surface area contributed by atoms with Crippen LogP contribution in [0.25, 0.3) is 0 Å². The van der Waals surface area contributed by atoms with E-state index in [0.29, 0.717) is 24.3 Å². The van der Waals surface area contributed by atoms with E-state index in [0.717, 1.165) is 37.1 Å². The van der Waals surface area contributed by atoms with E-state index in [1.165, 1.54) is 38.5 Å². The Morgan fingerprint density at radius 2 is 0.939 bits per heavy atom. The quantitative estimate of drug-likeness (QED) is 0.253. The van der Waals surface area contributed by atoms with Crippen molar-refractivity contribution in [1.82, 2.24) is 0 Å². The molecule has 0 saturated carbocycles. The van der Waals surface area contributed by atoms with Gasteiger partial charge in [0.05, 0.1) is 0 Å². The lowest BCUT2D eigenvalue weighted by atomic mass is 10.1. The first-order valence-electron chi connectivity index (χ1n) is 12.6. The molecule has 5 nitrogen and oxygen atoms in total. The van der Waals surface area contributed by atoms with Crippen molar-refractivity contribution in [3.05, 3.63) is 48.5 Å². The zero-order chi connectivity index (χ0) is 23.7. The number of unbranched alkanes of at least 4 members (excludes halogenated alkanes) is 8. The van der Waals surface area contributed by atoms with E-state index in [1.54, 1.807) is 0 Å². The van der Waals surface area contributed by atoms with E-state index in [1.807, 2.05) is 48.5 Å². The van der Waals surface area contributed by atoms with Gasteiger partial charge in [-0.15, -0.1) is 0 Å². The molecule has 0 radical (unpaired) electrons. The SMILES string of the molecule is CCCCCCCC(=O)Nc1ccc(Oc2ccc(NC(=O)CCCCCCC)cc2)cc1. The van der Waals surface area contributed by atoms with E-state index in [2.05, 4.69) is 24.5 Å². The summed E-state index contributed by atoms with van der Waals surface area (Å²) < 4.78 is 5.88. The van der Waals surface area contributed by atoms with E-state index < -0.39 is 0 Å². The summed E-state index contributed by atoms with van der Waals surface area (Å²) in [6.07, 6.45) is 12.5. The Bertz CT molecular complexity index is 747. The maximum atomic E-state index is 12.1. The van der Waals surface area contributed by atoms with Crippen LogP contribution in [0.3, 0.4) is 0 Å². The molecule has 0 spiro atoms. The number of carbonyl (C=O) groups excluding carboxylic acids is 2. The molecular formula is C28H40N2O3. The minimum atomic E-state index is 0.0544. The van der Waals surface area contributed by atoms with Crippen LogP contribution >= 0.6 is 0 Å². The highest BCUT2D eigenvalue weighted by Gasteiger charge is 2.05. The summed E-state index contributed by atoms with van der Waals surface area (Å²) in [5.74, 6) is 1.49. The van der Waals surface area contributed by atoms with Crippen LogP contribution < -0.4 is 15.4 Å². The van der Waals surface area contributed by atoms with Gasteiger partial charge in [-0.2, -0.15) is 0 Å². The molecule has 0 fully saturated rings. The van der Waals surface area contributed by atoms with Crippen molar-refractivity contribution < 1.29 is 14.3 Å². The second-order valence-corrected chi connectivity index (χ2v) is 8.58. The first kappa shape index (κ1) is 26.4. The van der Waals surface area contributed by atoms with Gasteiger partial charge < -0.3 is 15.4 Å². The molecule has 0 aromatic heterocycles. The van der Waals surface area contributed by atoms with E-state index >= 15 is 0 Å². The van der Waals surface area contributed by atoms with Crippen molar-refractivity contribution in [3.8, 4) is 11.5 Å². The molecule has 0 aliphatic rings. The number of hydrogen-bond donors (Lipinski definition) is 2. The van der Waals surface area contributed by atoms with Crippen molar-refractivity contribution in [2.75, 3.05) is 10.6 Å². The number of anilines is 2. The normalized spacial score (nSPS) is 10.6. The molecule has 2 aromatic rings. The topological polar surface area (TPSA) is 67.4 Å². The average Bonchev–Trinajstić information content (AvgIpc) is 2.81. The van der Waals surface area contributed by atoms with Gasteiger partial charge in [0.15, 0.2) is 0 Å². The smallest absolute Gasteiger partial charge is 0.224 e. The molecule has 5 heteroatoms. The van der Waals surface area contributed by atoms with Crippen molar-refractivity contribution in [3.63, 3.8) is 0 Å². The number of nitrogens with one attached hydrogen (secondary N) is 2. The van der Waals surface area contributed by atoms with Crippen LogP contribution in [0.1, 0.15) is 90.9 Å². The van der Waals surface area contributed by atoms with Gasteiger partial charge in [0, 0.05) is 24.2 Å². The van der Waals surface area contributed by atoms with Crippen LogP contribution in [0.5, 0.6) is 11.5 Å². The number of amides is 2. The highest BCUT2D eigenvalue weighted by molar-refractivity contribution is 5.91. The predicted molar refractivity (Wildman–Crippen MR) is 137 cm³/mol. The first-order valence-corrected chi connectivity index (χ1v) is 12.6. The molecule has 2 rings (SSSR count). The third-order valence-electron chi connectivity index (χ3n) is 5.53. The zero-order valence-electron chi connectivity index (χ0n) is 20.3. The minimum Gasteiger partial charge on any atom is -0.457 e. The molecule has 0 aliphatic heterocycles. The van der Waals surface area contributed by atoms with E-state index in [4.69, 9.17) is 4.74 Å². The molecule has 0 unspecified atom stereocenters. The van der Waals surface area contributed by atoms with Gasteiger partial charge in [0.1, 0.15) is 11.5 Å². The molecule has 0 bridgehead atoms. The van der Waals surface area contributed by atoms with Gasteiger partial charge >= 0.3 is 0 Å². The lowest BCUT2D eigenvalue weighted by Crippen LogP contribution is -2.11. The number of rotatable bonds is 16. The van der Waals surface area contributed by atoms with Crippen LogP contribution in [-0.2, 0) is 9.59 Å². The third kappa shape index (κ3) is 11.6. The fourth-order valence-electron chi connectivity index (χ4n) is 3.57. The minimum absolute atomic E-state index is 0.0544. The number of ether oxygens (including phenoxy) is 1. The molecular weight excluding hydrogens is 412 g/mol. The highest BCUT2D eigenvalue weighted by atomic mass is 16.5. The molecule has 2 aromatic carbocycles. The average molecular weight is 453 g/mol. The van der Waals surface area contributed by atoms with Gasteiger partial charge in [-0.05, 0) is 61.4 Å². The predicted octanol–water partition coefficient (Wildman–Crippen LogP) is 8.08. The lowest BCUT2D eigenvalue weighted by Gasteiger charge is -2.09. The third-order valence-corrected chi connectivity index (χ3v) is 5.53. The maximum Gasteiger partial charge on any atom is 0.224 e. The molecule has 2 N–H and O–H groups in total. The molecule has 0 aliphatic carbocycles. The summed E-state index contributed by atoms with van der Waals surface area (Å²) in [6, 6.07) is 14.7. The van der Waals surface area contributed by atoms with Crippen molar-refractivity contribution in [2.45, 2.75) is 90.9 Å². The van der Waals surface area contributed by atoms with Gasteiger partial charge in [-0.1, -0.05) is 65.2 Å². The lowest BCUT2D eigenvalue weighted by molar-refractivity contribution is -0.117. The largest absolute Gasteiger partial charge is 0.457 e. The van der Waals surface area contributed by atoms with Gasteiger partial charge in [0.25, 0.3) is 0 Å². The second kappa shape index (κ2) is 15.9. The zero-order valence-corrected chi connectivity index (χ0v) is 20.3. The standard InChI is InChI=1S/C28H40N2O3/c1-3-5-7-9-11-13-27(31)29-23-15-19-25(20-16-23)33-26-21-17-24(18-22-26)30-28(32)14-12-10-8-6-4-2/h15-22H,3-14H2,1-2H3,(H,29,31)(H,30,32). The van der Waals surface area contributed by atoms with Crippen LogP contribution in [-0.4, -0.2) is 11.8 Å². The molecule has 0 heterocycles. The monoisotopic (exact) mass is 452 g/mol. The van der Waals surface area contributed by atoms with Crippen molar-refractivity contribution >= 4 is 23.2 Å². The van der Waals surface area contributed by atoms with E-state index in [9.17, 15) is 9.59 Å². The van der Waals surface area contributed by atoms with Crippen LogP contribution in [0.15, 0.2) is 48.5 Å².